The Morgan fingerprint density at radius 2 is 1.89 bits per heavy atom. The first-order valence-electron chi connectivity index (χ1n) is 4.82. The van der Waals surface area contributed by atoms with E-state index in [2.05, 4.69) is 4.98 Å². The Kier molecular flexibility index (Phi) is 2.88. The molecule has 1 aromatic heterocycles. The molecular weight excluding hydrogens is 246 g/mol. The molecule has 0 aliphatic carbocycles. The third-order valence-electron chi connectivity index (χ3n) is 2.29. The molecule has 0 amide bonds. The molecule has 0 aliphatic rings. The molecule has 0 saturated heterocycles. The second-order valence-corrected chi connectivity index (χ2v) is 3.47. The summed E-state index contributed by atoms with van der Waals surface area (Å²) in [5.74, 6) is -2.25. The van der Waals surface area contributed by atoms with E-state index in [4.69, 9.17) is 0 Å². The lowest BCUT2D eigenvalue weighted by molar-refractivity contribution is -0.387. The highest BCUT2D eigenvalue weighted by Gasteiger charge is 2.19. The van der Waals surface area contributed by atoms with Crippen molar-refractivity contribution < 1.29 is 13.7 Å². The number of aromatic amines is 1. The van der Waals surface area contributed by atoms with Gasteiger partial charge in [0.15, 0.2) is 0 Å². The van der Waals surface area contributed by atoms with Crippen molar-refractivity contribution in [3.63, 3.8) is 0 Å². The van der Waals surface area contributed by atoms with E-state index in [0.717, 1.165) is 6.07 Å². The molecule has 0 bridgehead atoms. The summed E-state index contributed by atoms with van der Waals surface area (Å²) in [7, 11) is 0. The predicted octanol–water partition coefficient (Wildman–Crippen LogP) is 2.23. The molecule has 2 rings (SSSR count). The van der Waals surface area contributed by atoms with Gasteiger partial charge in [-0.15, -0.1) is 0 Å². The lowest BCUT2D eigenvalue weighted by Crippen LogP contribution is -2.05. The van der Waals surface area contributed by atoms with Gasteiger partial charge in [-0.25, -0.2) is 4.39 Å². The Balaban J connectivity index is 2.68. The first-order valence-corrected chi connectivity index (χ1v) is 4.82. The Morgan fingerprint density at radius 1 is 1.17 bits per heavy atom. The van der Waals surface area contributed by atoms with Crippen LogP contribution in [0.4, 0.5) is 14.5 Å². The molecule has 0 radical (unpaired) electrons. The predicted molar refractivity (Wildman–Crippen MR) is 59.1 cm³/mol. The van der Waals surface area contributed by atoms with E-state index in [1.807, 2.05) is 0 Å². The fraction of sp³-hybridized carbons (Fsp3) is 0. The third-order valence-corrected chi connectivity index (χ3v) is 2.29. The highest BCUT2D eigenvalue weighted by molar-refractivity contribution is 5.63. The average molecular weight is 252 g/mol. The zero-order valence-electron chi connectivity index (χ0n) is 8.81. The summed E-state index contributed by atoms with van der Waals surface area (Å²) in [6, 6.07) is 5.10. The number of pyridine rings is 1. The minimum Gasteiger partial charge on any atom is -0.322 e. The van der Waals surface area contributed by atoms with Gasteiger partial charge in [-0.1, -0.05) is 6.07 Å². The molecule has 18 heavy (non-hydrogen) atoms. The fourth-order valence-electron chi connectivity index (χ4n) is 1.49. The molecule has 0 atom stereocenters. The SMILES string of the molecule is O=c1cccc(-c2cc([N+](=O)[O-])c(F)cc2F)[nH]1. The van der Waals surface area contributed by atoms with Crippen molar-refractivity contribution in [1.82, 2.24) is 4.98 Å². The molecule has 1 N–H and O–H groups in total. The average Bonchev–Trinajstić information content (AvgIpc) is 2.28. The smallest absolute Gasteiger partial charge is 0.305 e. The van der Waals surface area contributed by atoms with E-state index < -0.39 is 27.8 Å². The molecule has 0 saturated carbocycles. The molecule has 5 nitrogen and oxygen atoms in total. The first-order chi connectivity index (χ1) is 8.49. The lowest BCUT2D eigenvalue weighted by Gasteiger charge is -2.03. The minimum absolute atomic E-state index is 0.0445. The van der Waals surface area contributed by atoms with Gasteiger partial charge in [-0.05, 0) is 6.07 Å². The van der Waals surface area contributed by atoms with E-state index >= 15 is 0 Å². The molecule has 0 aliphatic heterocycles. The van der Waals surface area contributed by atoms with Gasteiger partial charge < -0.3 is 4.98 Å². The van der Waals surface area contributed by atoms with Gasteiger partial charge >= 0.3 is 5.69 Å². The van der Waals surface area contributed by atoms with Crippen molar-refractivity contribution in [2.45, 2.75) is 0 Å². The number of hydrogen-bond acceptors (Lipinski definition) is 3. The zero-order valence-corrected chi connectivity index (χ0v) is 8.81. The molecule has 92 valence electrons. The van der Waals surface area contributed by atoms with Gasteiger partial charge in [0.1, 0.15) is 5.82 Å². The summed E-state index contributed by atoms with van der Waals surface area (Å²) in [6.07, 6.45) is 0. The topological polar surface area (TPSA) is 76.0 Å². The van der Waals surface area contributed by atoms with Gasteiger partial charge in [0, 0.05) is 23.8 Å². The zero-order chi connectivity index (χ0) is 13.3. The standard InChI is InChI=1S/C11H6F2N2O3/c12-7-5-8(13)10(15(17)18)4-6(7)9-2-1-3-11(16)14-9/h1-5H,(H,14,16). The molecule has 0 fully saturated rings. The monoisotopic (exact) mass is 252 g/mol. The highest BCUT2D eigenvalue weighted by atomic mass is 19.1. The van der Waals surface area contributed by atoms with E-state index in [1.54, 1.807) is 0 Å². The van der Waals surface area contributed by atoms with Crippen molar-refractivity contribution in [1.29, 1.82) is 0 Å². The summed E-state index contributed by atoms with van der Waals surface area (Å²) in [4.78, 5) is 23.0. The van der Waals surface area contributed by atoms with Gasteiger partial charge in [0.2, 0.25) is 11.4 Å². The molecule has 0 unspecified atom stereocenters. The van der Waals surface area contributed by atoms with Gasteiger partial charge in [-0.2, -0.15) is 4.39 Å². The number of nitrogens with zero attached hydrogens (tertiary/aromatic N) is 1. The van der Waals surface area contributed by atoms with Crippen LogP contribution in [0.1, 0.15) is 0 Å². The van der Waals surface area contributed by atoms with Crippen molar-refractivity contribution in [3.8, 4) is 11.3 Å². The molecular formula is C11H6F2N2O3. The Hall–Kier alpha value is -2.57. The number of halogens is 2. The van der Waals surface area contributed by atoms with Crippen LogP contribution in [0.15, 0.2) is 35.1 Å². The second kappa shape index (κ2) is 4.36. The number of nitrogens with one attached hydrogen (secondary N) is 1. The van der Waals surface area contributed by atoms with Crippen molar-refractivity contribution in [3.05, 3.63) is 62.4 Å². The molecule has 7 heteroatoms. The normalized spacial score (nSPS) is 10.3. The van der Waals surface area contributed by atoms with E-state index in [9.17, 15) is 23.7 Å². The van der Waals surface area contributed by atoms with Crippen molar-refractivity contribution in [2.75, 3.05) is 0 Å². The van der Waals surface area contributed by atoms with Crippen LogP contribution in [-0.2, 0) is 0 Å². The Morgan fingerprint density at radius 3 is 2.50 bits per heavy atom. The number of H-pyrrole nitrogens is 1. The van der Waals surface area contributed by atoms with Crippen molar-refractivity contribution >= 4 is 5.69 Å². The lowest BCUT2D eigenvalue weighted by atomic mass is 10.1. The summed E-state index contributed by atoms with van der Waals surface area (Å²) in [5, 5.41) is 10.6. The maximum atomic E-state index is 13.5. The van der Waals surface area contributed by atoms with Crippen LogP contribution in [0.2, 0.25) is 0 Å². The number of benzene rings is 1. The van der Waals surface area contributed by atoms with Gasteiger partial charge in [0.25, 0.3) is 0 Å². The number of hydrogen-bond donors (Lipinski definition) is 1. The maximum absolute atomic E-state index is 13.5. The molecule has 2 aromatic rings. The number of nitro benzene ring substituents is 1. The second-order valence-electron chi connectivity index (χ2n) is 3.47. The number of aromatic nitrogens is 1. The molecule has 0 spiro atoms. The van der Waals surface area contributed by atoms with Crippen LogP contribution in [0.25, 0.3) is 11.3 Å². The summed E-state index contributed by atoms with van der Waals surface area (Å²) in [5.41, 5.74) is -1.53. The van der Waals surface area contributed by atoms with Crippen LogP contribution in [0.5, 0.6) is 0 Å². The van der Waals surface area contributed by atoms with Crippen LogP contribution in [0.3, 0.4) is 0 Å². The first kappa shape index (κ1) is 11.9. The quantitative estimate of drug-likeness (QED) is 0.657. The Labute approximate surface area is 98.9 Å². The largest absolute Gasteiger partial charge is 0.322 e. The minimum atomic E-state index is -1.26. The van der Waals surface area contributed by atoms with Crippen LogP contribution in [-0.4, -0.2) is 9.91 Å². The van der Waals surface area contributed by atoms with Crippen LogP contribution < -0.4 is 5.56 Å². The summed E-state index contributed by atoms with van der Waals surface area (Å²) in [6.45, 7) is 0. The summed E-state index contributed by atoms with van der Waals surface area (Å²) >= 11 is 0. The van der Waals surface area contributed by atoms with Crippen LogP contribution in [0, 0.1) is 21.7 Å². The van der Waals surface area contributed by atoms with E-state index in [-0.39, 0.29) is 11.3 Å². The van der Waals surface area contributed by atoms with Gasteiger partial charge in [-0.3, -0.25) is 14.9 Å². The third kappa shape index (κ3) is 2.10. The van der Waals surface area contributed by atoms with E-state index in [0.29, 0.717) is 6.07 Å². The molecule has 1 aromatic carbocycles. The fourth-order valence-corrected chi connectivity index (χ4v) is 1.49. The highest BCUT2D eigenvalue weighted by Crippen LogP contribution is 2.27. The summed E-state index contributed by atoms with van der Waals surface area (Å²) < 4.78 is 26.6. The number of nitro groups is 1. The van der Waals surface area contributed by atoms with Crippen molar-refractivity contribution in [2.24, 2.45) is 0 Å². The maximum Gasteiger partial charge on any atom is 0.305 e. The number of rotatable bonds is 2. The van der Waals surface area contributed by atoms with E-state index in [1.165, 1.54) is 18.2 Å². The van der Waals surface area contributed by atoms with Gasteiger partial charge in [0.05, 0.1) is 10.6 Å². The molecule has 1 heterocycles. The van der Waals surface area contributed by atoms with Crippen LogP contribution >= 0.6 is 0 Å². The Bertz CT molecular complexity index is 682.